The molecule has 0 spiro atoms. The fourth-order valence-electron chi connectivity index (χ4n) is 1.66. The number of aromatic nitrogens is 2. The van der Waals surface area contributed by atoms with Crippen LogP contribution in [0.1, 0.15) is 12.5 Å². The molecule has 0 saturated heterocycles. The molecule has 0 fully saturated rings. The van der Waals surface area contributed by atoms with E-state index in [1.807, 2.05) is 0 Å². The van der Waals surface area contributed by atoms with Crippen molar-refractivity contribution in [3.8, 4) is 0 Å². The third-order valence-electron chi connectivity index (χ3n) is 2.70. The highest BCUT2D eigenvalue weighted by Gasteiger charge is 2.15. The van der Waals surface area contributed by atoms with Gasteiger partial charge in [-0.05, 0) is 12.1 Å². The third-order valence-corrected chi connectivity index (χ3v) is 4.49. The van der Waals surface area contributed by atoms with Crippen LogP contribution in [0, 0.1) is 0 Å². The van der Waals surface area contributed by atoms with Crippen molar-refractivity contribution in [3.05, 3.63) is 48.5 Å². The Bertz CT molecular complexity index is 642. The molecule has 1 aromatic heterocycles. The van der Waals surface area contributed by atoms with Gasteiger partial charge in [-0.3, -0.25) is 0 Å². The highest BCUT2D eigenvalue weighted by atomic mass is 32.2. The molecule has 0 radical (unpaired) electrons. The second-order valence-corrected chi connectivity index (χ2v) is 6.25. The Kier molecular flexibility index (Phi) is 4.11. The Hall–Kier alpha value is -1.95. The molecular formula is C13H15N3O2S. The quantitative estimate of drug-likeness (QED) is 0.903. The van der Waals surface area contributed by atoms with Crippen molar-refractivity contribution in [2.24, 2.45) is 0 Å². The maximum atomic E-state index is 12.0. The van der Waals surface area contributed by atoms with E-state index >= 15 is 0 Å². The summed E-state index contributed by atoms with van der Waals surface area (Å²) in [7, 11) is -3.23. The van der Waals surface area contributed by atoms with E-state index in [9.17, 15) is 8.42 Å². The van der Waals surface area contributed by atoms with E-state index in [0.29, 0.717) is 17.1 Å². The van der Waals surface area contributed by atoms with Crippen LogP contribution in [-0.4, -0.2) is 24.1 Å². The molecule has 2 rings (SSSR count). The molecule has 0 bridgehead atoms. The number of para-hydroxylation sites is 1. The highest BCUT2D eigenvalue weighted by Crippen LogP contribution is 2.22. The molecule has 100 valence electrons. The predicted molar refractivity (Wildman–Crippen MR) is 73.5 cm³/mol. The van der Waals surface area contributed by atoms with Crippen LogP contribution in [0.3, 0.4) is 0 Å². The zero-order valence-corrected chi connectivity index (χ0v) is 11.4. The van der Waals surface area contributed by atoms with Gasteiger partial charge in [-0.25, -0.2) is 18.4 Å². The van der Waals surface area contributed by atoms with E-state index in [-0.39, 0.29) is 5.75 Å². The van der Waals surface area contributed by atoms with Crippen molar-refractivity contribution in [3.63, 3.8) is 0 Å². The van der Waals surface area contributed by atoms with Crippen molar-refractivity contribution >= 4 is 15.5 Å². The molecule has 1 heterocycles. The van der Waals surface area contributed by atoms with Crippen LogP contribution in [0.2, 0.25) is 0 Å². The number of rotatable bonds is 5. The lowest BCUT2D eigenvalue weighted by Crippen LogP contribution is -2.09. The Labute approximate surface area is 112 Å². The van der Waals surface area contributed by atoms with Crippen LogP contribution >= 0.6 is 0 Å². The summed E-state index contributed by atoms with van der Waals surface area (Å²) in [6.45, 7) is 2.12. The van der Waals surface area contributed by atoms with Gasteiger partial charge in [0.15, 0.2) is 9.84 Å². The summed E-state index contributed by atoms with van der Waals surface area (Å²) in [5, 5.41) is 3.11. The summed E-state index contributed by atoms with van der Waals surface area (Å²) >= 11 is 0. The lowest BCUT2D eigenvalue weighted by molar-refractivity contribution is 0.597. The molecule has 2 aromatic rings. The lowest BCUT2D eigenvalue weighted by Gasteiger charge is -2.11. The summed E-state index contributed by atoms with van der Waals surface area (Å²) in [5.41, 5.74) is 1.50. The largest absolute Gasteiger partial charge is 0.380 e. The SMILES string of the molecule is CCS(=O)(=O)c1ccccc1NCc1cncnc1. The van der Waals surface area contributed by atoms with E-state index in [1.54, 1.807) is 43.6 Å². The first-order chi connectivity index (χ1) is 9.13. The summed E-state index contributed by atoms with van der Waals surface area (Å²) in [6, 6.07) is 6.90. The van der Waals surface area contributed by atoms with Gasteiger partial charge in [0.05, 0.1) is 16.3 Å². The third kappa shape index (κ3) is 3.29. The summed E-state index contributed by atoms with van der Waals surface area (Å²) in [6.07, 6.45) is 4.84. The summed E-state index contributed by atoms with van der Waals surface area (Å²) in [4.78, 5) is 8.16. The molecule has 0 unspecified atom stereocenters. The number of sulfone groups is 1. The topological polar surface area (TPSA) is 72.0 Å². The molecule has 1 aromatic carbocycles. The second-order valence-electron chi connectivity index (χ2n) is 4.00. The van der Waals surface area contributed by atoms with Gasteiger partial charge in [0.25, 0.3) is 0 Å². The van der Waals surface area contributed by atoms with Crippen molar-refractivity contribution < 1.29 is 8.42 Å². The Morgan fingerprint density at radius 1 is 1.16 bits per heavy atom. The molecule has 19 heavy (non-hydrogen) atoms. The van der Waals surface area contributed by atoms with Crippen LogP contribution < -0.4 is 5.32 Å². The zero-order valence-electron chi connectivity index (χ0n) is 10.6. The van der Waals surface area contributed by atoms with E-state index in [4.69, 9.17) is 0 Å². The van der Waals surface area contributed by atoms with E-state index in [2.05, 4.69) is 15.3 Å². The first-order valence-electron chi connectivity index (χ1n) is 5.93. The average Bonchev–Trinajstić information content (AvgIpc) is 2.46. The zero-order chi connectivity index (χ0) is 13.7. The van der Waals surface area contributed by atoms with Crippen molar-refractivity contribution in [1.29, 1.82) is 0 Å². The summed E-state index contributed by atoms with van der Waals surface area (Å²) < 4.78 is 23.9. The van der Waals surface area contributed by atoms with Crippen LogP contribution in [0.4, 0.5) is 5.69 Å². The van der Waals surface area contributed by atoms with Crippen molar-refractivity contribution in [1.82, 2.24) is 9.97 Å². The molecule has 6 heteroatoms. The average molecular weight is 277 g/mol. The molecule has 0 amide bonds. The monoisotopic (exact) mass is 277 g/mol. The van der Waals surface area contributed by atoms with Crippen LogP contribution in [0.25, 0.3) is 0 Å². The molecule has 5 nitrogen and oxygen atoms in total. The minimum Gasteiger partial charge on any atom is -0.380 e. The van der Waals surface area contributed by atoms with Gasteiger partial charge >= 0.3 is 0 Å². The molecule has 0 aliphatic heterocycles. The second kappa shape index (κ2) is 5.79. The highest BCUT2D eigenvalue weighted by molar-refractivity contribution is 7.91. The first-order valence-corrected chi connectivity index (χ1v) is 7.58. The fraction of sp³-hybridized carbons (Fsp3) is 0.231. The van der Waals surface area contributed by atoms with E-state index in [0.717, 1.165) is 5.56 Å². The maximum Gasteiger partial charge on any atom is 0.180 e. The number of benzene rings is 1. The first kappa shape index (κ1) is 13.5. The van der Waals surface area contributed by atoms with Gasteiger partial charge in [0, 0.05) is 24.5 Å². The van der Waals surface area contributed by atoms with Gasteiger partial charge in [0.2, 0.25) is 0 Å². The van der Waals surface area contributed by atoms with Gasteiger partial charge in [-0.2, -0.15) is 0 Å². The molecule has 1 N–H and O–H groups in total. The predicted octanol–water partition coefficient (Wildman–Crippen LogP) is 1.88. The van der Waals surface area contributed by atoms with E-state index < -0.39 is 9.84 Å². The molecule has 0 saturated carbocycles. The minimum atomic E-state index is -3.23. The Balaban J connectivity index is 2.22. The maximum absolute atomic E-state index is 12.0. The van der Waals surface area contributed by atoms with Gasteiger partial charge in [-0.15, -0.1) is 0 Å². The van der Waals surface area contributed by atoms with Gasteiger partial charge in [-0.1, -0.05) is 19.1 Å². The van der Waals surface area contributed by atoms with E-state index in [1.165, 1.54) is 6.33 Å². The van der Waals surface area contributed by atoms with Crippen LogP contribution in [0.15, 0.2) is 47.9 Å². The van der Waals surface area contributed by atoms with Crippen molar-refractivity contribution in [2.45, 2.75) is 18.4 Å². The number of nitrogens with one attached hydrogen (secondary N) is 1. The number of hydrogen-bond donors (Lipinski definition) is 1. The number of nitrogens with zero attached hydrogens (tertiary/aromatic N) is 2. The normalized spacial score (nSPS) is 11.2. The molecule has 0 aliphatic carbocycles. The minimum absolute atomic E-state index is 0.0835. The summed E-state index contributed by atoms with van der Waals surface area (Å²) in [5.74, 6) is 0.0835. The van der Waals surface area contributed by atoms with Crippen LogP contribution in [-0.2, 0) is 16.4 Å². The van der Waals surface area contributed by atoms with Crippen LogP contribution in [0.5, 0.6) is 0 Å². The molecule has 0 aliphatic rings. The Morgan fingerprint density at radius 2 is 1.84 bits per heavy atom. The number of anilines is 1. The standard InChI is InChI=1S/C13H15N3O2S/c1-2-19(17,18)13-6-4-3-5-12(13)16-9-11-7-14-10-15-8-11/h3-8,10,16H,2,9H2,1H3. The smallest absolute Gasteiger partial charge is 0.180 e. The Morgan fingerprint density at radius 3 is 2.53 bits per heavy atom. The number of hydrogen-bond acceptors (Lipinski definition) is 5. The van der Waals surface area contributed by atoms with Gasteiger partial charge < -0.3 is 5.32 Å². The molecular weight excluding hydrogens is 262 g/mol. The fourth-order valence-corrected chi connectivity index (χ4v) is 2.73. The molecule has 0 atom stereocenters. The lowest BCUT2D eigenvalue weighted by atomic mass is 10.3. The van der Waals surface area contributed by atoms with Gasteiger partial charge in [0.1, 0.15) is 6.33 Å². The van der Waals surface area contributed by atoms with Crippen molar-refractivity contribution in [2.75, 3.05) is 11.1 Å².